The second-order valence-corrected chi connectivity index (χ2v) is 5.01. The van der Waals surface area contributed by atoms with Crippen molar-refractivity contribution in [1.82, 2.24) is 5.32 Å². The van der Waals surface area contributed by atoms with Gasteiger partial charge in [-0.15, -0.1) is 0 Å². The molecule has 108 valence electrons. The predicted molar refractivity (Wildman–Crippen MR) is 68.6 cm³/mol. The van der Waals surface area contributed by atoms with Crippen molar-refractivity contribution in [3.05, 3.63) is 10.4 Å². The Hall–Kier alpha value is -1.95. The molecule has 0 saturated heterocycles. The Labute approximate surface area is 111 Å². The van der Waals surface area contributed by atoms with Gasteiger partial charge in [0.2, 0.25) is 0 Å². The van der Waals surface area contributed by atoms with E-state index in [0.29, 0.717) is 12.8 Å². The van der Waals surface area contributed by atoms with Crippen LogP contribution in [-0.4, -0.2) is 35.9 Å². The summed E-state index contributed by atoms with van der Waals surface area (Å²) in [6.07, 6.45) is 0.134. The lowest BCUT2D eigenvalue weighted by molar-refractivity contribution is -0.141. The predicted octanol–water partition coefficient (Wildman–Crippen LogP) is 2.30. The van der Waals surface area contributed by atoms with Crippen molar-refractivity contribution in [3.8, 4) is 0 Å². The van der Waals surface area contributed by atoms with Crippen LogP contribution in [0.15, 0.2) is 5.11 Å². The van der Waals surface area contributed by atoms with E-state index in [1.807, 2.05) is 0 Å². The van der Waals surface area contributed by atoms with Gasteiger partial charge in [-0.05, 0) is 39.1 Å². The first kappa shape index (κ1) is 17.1. The van der Waals surface area contributed by atoms with Gasteiger partial charge in [-0.3, -0.25) is 4.79 Å². The highest BCUT2D eigenvalue weighted by Crippen LogP contribution is 2.09. The van der Waals surface area contributed by atoms with Gasteiger partial charge in [-0.2, -0.15) is 0 Å². The summed E-state index contributed by atoms with van der Waals surface area (Å²) in [6, 6.07) is 0. The maximum atomic E-state index is 11.4. The number of carboxylic acids is 1. The number of nitrogens with one attached hydrogen (secondary N) is 1. The minimum atomic E-state index is -1.00. The second kappa shape index (κ2) is 8.20. The van der Waals surface area contributed by atoms with E-state index in [2.05, 4.69) is 15.3 Å². The topological polar surface area (TPSA) is 124 Å². The molecule has 8 heteroatoms. The Bertz CT molecular complexity index is 358. The number of carboxylic acid groups (broad SMARTS) is 1. The summed E-state index contributed by atoms with van der Waals surface area (Å²) in [6.45, 7) is 5.40. The minimum Gasteiger partial charge on any atom is -0.481 e. The van der Waals surface area contributed by atoms with Gasteiger partial charge in [0.05, 0.1) is 5.92 Å². The largest absolute Gasteiger partial charge is 0.481 e. The summed E-state index contributed by atoms with van der Waals surface area (Å²) in [7, 11) is 0. The van der Waals surface area contributed by atoms with Crippen LogP contribution in [0.5, 0.6) is 0 Å². The van der Waals surface area contributed by atoms with Crippen molar-refractivity contribution in [2.45, 2.75) is 39.2 Å². The third-order valence-electron chi connectivity index (χ3n) is 2.11. The first-order chi connectivity index (χ1) is 8.76. The van der Waals surface area contributed by atoms with Gasteiger partial charge in [0.25, 0.3) is 0 Å². The van der Waals surface area contributed by atoms with E-state index >= 15 is 0 Å². The number of hydrogen-bond donors (Lipinski definition) is 2. The zero-order valence-electron chi connectivity index (χ0n) is 11.4. The van der Waals surface area contributed by atoms with Crippen molar-refractivity contribution in [2.75, 3.05) is 13.1 Å². The fourth-order valence-corrected chi connectivity index (χ4v) is 1.29. The average Bonchev–Trinajstić information content (AvgIpc) is 2.25. The fourth-order valence-electron chi connectivity index (χ4n) is 1.29. The molecule has 0 aromatic carbocycles. The van der Waals surface area contributed by atoms with E-state index in [1.54, 1.807) is 20.8 Å². The summed E-state index contributed by atoms with van der Waals surface area (Å²) in [5.41, 5.74) is 7.47. The van der Waals surface area contributed by atoms with Gasteiger partial charge in [-0.1, -0.05) is 5.11 Å². The number of carbonyl (C=O) groups excluding carboxylic acids is 1. The summed E-state index contributed by atoms with van der Waals surface area (Å²) >= 11 is 0. The molecule has 0 spiro atoms. The zero-order valence-corrected chi connectivity index (χ0v) is 11.4. The van der Waals surface area contributed by atoms with E-state index in [1.165, 1.54) is 0 Å². The fraction of sp³-hybridized carbons (Fsp3) is 0.818. The monoisotopic (exact) mass is 272 g/mol. The number of aliphatic carboxylic acids is 1. The van der Waals surface area contributed by atoms with E-state index in [9.17, 15) is 9.59 Å². The Balaban J connectivity index is 4.11. The molecule has 19 heavy (non-hydrogen) atoms. The SMILES string of the molecule is CC(C)(C)OC(=O)NC[C@@H](CCCN=[N+]=[N-])C(=O)O. The van der Waals surface area contributed by atoms with Crippen molar-refractivity contribution < 1.29 is 19.4 Å². The smallest absolute Gasteiger partial charge is 0.407 e. The number of amides is 1. The third-order valence-corrected chi connectivity index (χ3v) is 2.11. The minimum absolute atomic E-state index is 0.0134. The molecule has 8 nitrogen and oxygen atoms in total. The highest BCUT2D eigenvalue weighted by molar-refractivity contribution is 5.72. The zero-order chi connectivity index (χ0) is 14.9. The summed E-state index contributed by atoms with van der Waals surface area (Å²) in [5, 5.41) is 14.7. The number of rotatable bonds is 7. The molecular weight excluding hydrogens is 252 g/mol. The van der Waals surface area contributed by atoms with Crippen LogP contribution in [0.1, 0.15) is 33.6 Å². The molecule has 0 heterocycles. The molecule has 0 aromatic rings. The van der Waals surface area contributed by atoms with Gasteiger partial charge in [0.1, 0.15) is 5.60 Å². The van der Waals surface area contributed by atoms with E-state index in [0.717, 1.165) is 0 Å². The molecule has 0 aliphatic carbocycles. The lowest BCUT2D eigenvalue weighted by Crippen LogP contribution is -2.37. The standard InChI is InChI=1S/C11H20N4O4/c1-11(2,3)19-10(18)13-7-8(9(16)17)5-4-6-14-15-12/h8H,4-7H2,1-3H3,(H,13,18)(H,16,17)/t8-/m1/s1. The highest BCUT2D eigenvalue weighted by atomic mass is 16.6. The molecular formula is C11H20N4O4. The average molecular weight is 272 g/mol. The molecule has 0 fully saturated rings. The molecule has 1 amide bonds. The van der Waals surface area contributed by atoms with Gasteiger partial charge in [0.15, 0.2) is 0 Å². The molecule has 0 saturated carbocycles. The normalized spacial score (nSPS) is 12.2. The number of ether oxygens (including phenoxy) is 1. The molecule has 0 bridgehead atoms. The Morgan fingerprint density at radius 1 is 1.47 bits per heavy atom. The molecule has 1 atom stereocenters. The lowest BCUT2D eigenvalue weighted by atomic mass is 10.0. The van der Waals surface area contributed by atoms with Gasteiger partial charge < -0.3 is 15.2 Å². The summed E-state index contributed by atoms with van der Waals surface area (Å²) < 4.78 is 5.00. The van der Waals surface area contributed by atoms with Crippen molar-refractivity contribution >= 4 is 12.1 Å². The lowest BCUT2D eigenvalue weighted by Gasteiger charge is -2.20. The van der Waals surface area contributed by atoms with Gasteiger partial charge in [-0.25, -0.2) is 4.79 Å². The maximum Gasteiger partial charge on any atom is 0.407 e. The Morgan fingerprint density at radius 3 is 2.58 bits per heavy atom. The first-order valence-corrected chi connectivity index (χ1v) is 5.97. The van der Waals surface area contributed by atoms with Gasteiger partial charge in [0, 0.05) is 18.0 Å². The van der Waals surface area contributed by atoms with Crippen molar-refractivity contribution in [2.24, 2.45) is 11.0 Å². The molecule has 0 aromatic heterocycles. The summed E-state index contributed by atoms with van der Waals surface area (Å²) in [5.74, 6) is -1.72. The van der Waals surface area contributed by atoms with Crippen LogP contribution in [0.25, 0.3) is 10.4 Å². The first-order valence-electron chi connectivity index (χ1n) is 5.97. The van der Waals surface area contributed by atoms with Crippen LogP contribution in [-0.2, 0) is 9.53 Å². The molecule has 2 N–H and O–H groups in total. The molecule has 0 radical (unpaired) electrons. The van der Waals surface area contributed by atoms with Crippen molar-refractivity contribution in [1.29, 1.82) is 0 Å². The molecule has 0 unspecified atom stereocenters. The van der Waals surface area contributed by atoms with Crippen LogP contribution in [0.2, 0.25) is 0 Å². The number of alkyl carbamates (subject to hydrolysis) is 1. The molecule has 0 rings (SSSR count). The van der Waals surface area contributed by atoms with Crippen LogP contribution in [0.3, 0.4) is 0 Å². The van der Waals surface area contributed by atoms with Crippen LogP contribution < -0.4 is 5.32 Å². The maximum absolute atomic E-state index is 11.4. The van der Waals surface area contributed by atoms with E-state index < -0.39 is 23.6 Å². The Kier molecular flexibility index (Phi) is 7.36. The molecule has 0 aliphatic heterocycles. The number of nitrogens with zero attached hydrogens (tertiary/aromatic N) is 3. The van der Waals surface area contributed by atoms with Crippen LogP contribution in [0.4, 0.5) is 4.79 Å². The van der Waals surface area contributed by atoms with E-state index in [4.69, 9.17) is 15.4 Å². The second-order valence-electron chi connectivity index (χ2n) is 5.01. The van der Waals surface area contributed by atoms with E-state index in [-0.39, 0.29) is 13.1 Å². The molecule has 0 aliphatic rings. The number of azide groups is 1. The Morgan fingerprint density at radius 2 is 2.11 bits per heavy atom. The number of hydrogen-bond acceptors (Lipinski definition) is 4. The highest BCUT2D eigenvalue weighted by Gasteiger charge is 2.20. The summed E-state index contributed by atoms with van der Waals surface area (Å²) in [4.78, 5) is 24.9. The van der Waals surface area contributed by atoms with Gasteiger partial charge >= 0.3 is 12.1 Å². The van der Waals surface area contributed by atoms with Crippen LogP contribution >= 0.6 is 0 Å². The third kappa shape index (κ3) is 9.72. The van der Waals surface area contributed by atoms with Crippen molar-refractivity contribution in [3.63, 3.8) is 0 Å². The van der Waals surface area contributed by atoms with Crippen LogP contribution in [0, 0.1) is 5.92 Å². The number of carbonyl (C=O) groups is 2. The quantitative estimate of drug-likeness (QED) is 0.319.